The van der Waals surface area contributed by atoms with E-state index < -0.39 is 18.8 Å². The molecule has 2 nitrogen and oxygen atoms in total. The summed E-state index contributed by atoms with van der Waals surface area (Å²) in [7, 11) is 0. The first-order valence-corrected chi connectivity index (χ1v) is 6.02. The maximum Gasteiger partial charge on any atom is 0.415 e. The molecule has 0 fully saturated rings. The van der Waals surface area contributed by atoms with E-state index in [0.717, 1.165) is 19.3 Å². The molecule has 0 amide bonds. The molecule has 18 heavy (non-hydrogen) atoms. The topological polar surface area (TPSA) is 32.3 Å². The zero-order valence-electron chi connectivity index (χ0n) is 9.87. The van der Waals surface area contributed by atoms with E-state index >= 15 is 0 Å². The van der Waals surface area contributed by atoms with Crippen molar-refractivity contribution in [2.24, 2.45) is 0 Å². The predicted molar refractivity (Wildman–Crippen MR) is 62.3 cm³/mol. The minimum Gasteiger partial charge on any atom is -0.382 e. The molecule has 100 valence electrons. The van der Waals surface area contributed by atoms with Gasteiger partial charge in [-0.2, -0.15) is 13.2 Å². The molecule has 2 N–H and O–H groups in total. The van der Waals surface area contributed by atoms with Gasteiger partial charge in [-0.15, -0.1) is 0 Å². The Morgan fingerprint density at radius 1 is 1.28 bits per heavy atom. The van der Waals surface area contributed by atoms with E-state index in [-0.39, 0.29) is 6.04 Å². The Hall–Kier alpha value is -1.07. The summed E-state index contributed by atoms with van der Waals surface area (Å²) in [6.45, 7) is -0.434. The molecule has 0 heterocycles. The third kappa shape index (κ3) is 3.23. The monoisotopic (exact) mass is 259 g/mol. The van der Waals surface area contributed by atoms with Crippen molar-refractivity contribution in [1.82, 2.24) is 5.32 Å². The quantitative estimate of drug-likeness (QED) is 0.871. The summed E-state index contributed by atoms with van der Waals surface area (Å²) < 4.78 is 36.5. The fourth-order valence-electron chi connectivity index (χ4n) is 2.27. The van der Waals surface area contributed by atoms with E-state index in [1.807, 2.05) is 18.2 Å². The SMILES string of the molecule is OC(CNC1CCc2ccccc2C1)C(F)(F)F. The molecule has 0 saturated carbocycles. The molecule has 0 spiro atoms. The molecule has 0 saturated heterocycles. The van der Waals surface area contributed by atoms with Crippen LogP contribution in [0.4, 0.5) is 13.2 Å². The number of benzene rings is 1. The number of halogens is 3. The Morgan fingerprint density at radius 2 is 1.94 bits per heavy atom. The first-order chi connectivity index (χ1) is 8.47. The van der Waals surface area contributed by atoms with Gasteiger partial charge in [-0.1, -0.05) is 24.3 Å². The maximum absolute atomic E-state index is 12.2. The van der Waals surface area contributed by atoms with E-state index in [2.05, 4.69) is 11.4 Å². The van der Waals surface area contributed by atoms with Gasteiger partial charge in [0.05, 0.1) is 0 Å². The summed E-state index contributed by atoms with van der Waals surface area (Å²) in [6.07, 6.45) is -4.42. The van der Waals surface area contributed by atoms with E-state index in [0.29, 0.717) is 0 Å². The average molecular weight is 259 g/mol. The number of fused-ring (bicyclic) bond motifs is 1. The Morgan fingerprint density at radius 3 is 2.61 bits per heavy atom. The molecule has 1 aromatic carbocycles. The van der Waals surface area contributed by atoms with Crippen LogP contribution in [-0.4, -0.2) is 30.0 Å². The molecule has 0 aliphatic heterocycles. The molecule has 2 atom stereocenters. The third-order valence-corrected chi connectivity index (χ3v) is 3.32. The highest BCUT2D eigenvalue weighted by Gasteiger charge is 2.38. The Kier molecular flexibility index (Phi) is 3.92. The van der Waals surface area contributed by atoms with Crippen LogP contribution in [-0.2, 0) is 12.8 Å². The van der Waals surface area contributed by atoms with Crippen LogP contribution in [0, 0.1) is 0 Å². The van der Waals surface area contributed by atoms with Crippen LogP contribution in [0.1, 0.15) is 17.5 Å². The lowest BCUT2D eigenvalue weighted by atomic mass is 9.88. The molecule has 5 heteroatoms. The van der Waals surface area contributed by atoms with Gasteiger partial charge in [0.25, 0.3) is 0 Å². The van der Waals surface area contributed by atoms with Crippen LogP contribution in [0.15, 0.2) is 24.3 Å². The van der Waals surface area contributed by atoms with Gasteiger partial charge >= 0.3 is 6.18 Å². The van der Waals surface area contributed by atoms with Crippen molar-refractivity contribution < 1.29 is 18.3 Å². The molecular formula is C13H16F3NO. The Labute approximate surface area is 104 Å². The number of rotatable bonds is 3. The van der Waals surface area contributed by atoms with Gasteiger partial charge in [0, 0.05) is 12.6 Å². The average Bonchev–Trinajstić information content (AvgIpc) is 2.34. The van der Waals surface area contributed by atoms with Gasteiger partial charge in [-0.3, -0.25) is 0 Å². The van der Waals surface area contributed by atoms with Gasteiger partial charge in [0.15, 0.2) is 6.10 Å². The number of nitrogens with one attached hydrogen (secondary N) is 1. The Bertz CT molecular complexity index is 405. The number of alkyl halides is 3. The van der Waals surface area contributed by atoms with E-state index in [1.54, 1.807) is 0 Å². The highest BCUT2D eigenvalue weighted by Crippen LogP contribution is 2.22. The van der Waals surface area contributed by atoms with Crippen molar-refractivity contribution >= 4 is 0 Å². The second-order valence-electron chi connectivity index (χ2n) is 4.67. The zero-order valence-corrected chi connectivity index (χ0v) is 9.87. The molecule has 1 aliphatic carbocycles. The van der Waals surface area contributed by atoms with Crippen LogP contribution < -0.4 is 5.32 Å². The van der Waals surface area contributed by atoms with E-state index in [9.17, 15) is 13.2 Å². The minimum absolute atomic E-state index is 0.0110. The van der Waals surface area contributed by atoms with Crippen LogP contribution >= 0.6 is 0 Å². The van der Waals surface area contributed by atoms with Crippen molar-refractivity contribution in [3.63, 3.8) is 0 Å². The molecule has 2 unspecified atom stereocenters. The second kappa shape index (κ2) is 5.28. The van der Waals surface area contributed by atoms with Gasteiger partial charge in [-0.25, -0.2) is 0 Å². The van der Waals surface area contributed by atoms with E-state index in [4.69, 9.17) is 5.11 Å². The van der Waals surface area contributed by atoms with Crippen LogP contribution in [0.25, 0.3) is 0 Å². The fourth-order valence-corrected chi connectivity index (χ4v) is 2.27. The highest BCUT2D eigenvalue weighted by molar-refractivity contribution is 5.30. The van der Waals surface area contributed by atoms with Crippen LogP contribution in [0.3, 0.4) is 0 Å². The number of aliphatic hydroxyl groups excluding tert-OH is 1. The summed E-state index contributed by atoms with van der Waals surface area (Å²) in [4.78, 5) is 0. The molecule has 1 aliphatic rings. The molecule has 1 aromatic rings. The van der Waals surface area contributed by atoms with Crippen molar-refractivity contribution in [1.29, 1.82) is 0 Å². The number of hydrogen-bond acceptors (Lipinski definition) is 2. The summed E-state index contributed by atoms with van der Waals surface area (Å²) in [5.41, 5.74) is 2.45. The Balaban J connectivity index is 1.87. The summed E-state index contributed by atoms with van der Waals surface area (Å²) in [5.74, 6) is 0. The van der Waals surface area contributed by atoms with Crippen molar-refractivity contribution in [2.45, 2.75) is 37.6 Å². The molecule has 2 rings (SSSR count). The molecule has 0 bridgehead atoms. The zero-order chi connectivity index (χ0) is 13.2. The second-order valence-corrected chi connectivity index (χ2v) is 4.67. The third-order valence-electron chi connectivity index (χ3n) is 3.32. The first kappa shape index (κ1) is 13.4. The molecular weight excluding hydrogens is 243 g/mol. The van der Waals surface area contributed by atoms with E-state index in [1.165, 1.54) is 11.1 Å². The lowest BCUT2D eigenvalue weighted by Gasteiger charge is -2.27. The van der Waals surface area contributed by atoms with Crippen LogP contribution in [0.5, 0.6) is 0 Å². The summed E-state index contributed by atoms with van der Waals surface area (Å²) in [6, 6.07) is 7.97. The predicted octanol–water partition coefficient (Wildman–Crippen LogP) is 2.06. The van der Waals surface area contributed by atoms with Crippen molar-refractivity contribution in [3.05, 3.63) is 35.4 Å². The fraction of sp³-hybridized carbons (Fsp3) is 0.538. The normalized spacial score (nSPS) is 21.4. The lowest BCUT2D eigenvalue weighted by Crippen LogP contribution is -2.44. The van der Waals surface area contributed by atoms with Gasteiger partial charge in [0.1, 0.15) is 0 Å². The highest BCUT2D eigenvalue weighted by atomic mass is 19.4. The van der Waals surface area contributed by atoms with Crippen molar-refractivity contribution in [2.75, 3.05) is 6.54 Å². The lowest BCUT2D eigenvalue weighted by molar-refractivity contribution is -0.202. The van der Waals surface area contributed by atoms with Gasteiger partial charge in [-0.05, 0) is 30.4 Å². The standard InChI is InChI=1S/C13H16F3NO/c14-13(15,16)12(18)8-17-11-6-5-9-3-1-2-4-10(9)7-11/h1-4,11-12,17-18H,5-8H2. The van der Waals surface area contributed by atoms with Crippen LogP contribution in [0.2, 0.25) is 0 Å². The summed E-state index contributed by atoms with van der Waals surface area (Å²) >= 11 is 0. The van der Waals surface area contributed by atoms with Gasteiger partial charge in [0.2, 0.25) is 0 Å². The molecule has 0 radical (unpaired) electrons. The number of aryl methyl sites for hydroxylation is 1. The maximum atomic E-state index is 12.2. The molecule has 0 aromatic heterocycles. The number of aliphatic hydroxyl groups is 1. The van der Waals surface area contributed by atoms with Crippen molar-refractivity contribution in [3.8, 4) is 0 Å². The van der Waals surface area contributed by atoms with Gasteiger partial charge < -0.3 is 10.4 Å². The first-order valence-electron chi connectivity index (χ1n) is 6.02. The smallest absolute Gasteiger partial charge is 0.382 e. The summed E-state index contributed by atoms with van der Waals surface area (Å²) in [5, 5.41) is 11.7. The largest absolute Gasteiger partial charge is 0.415 e. The number of hydrogen-bond donors (Lipinski definition) is 2. The minimum atomic E-state index is -4.54.